The van der Waals surface area contributed by atoms with Crippen LogP contribution in [-0.4, -0.2) is 27.9 Å². The fourth-order valence-corrected chi connectivity index (χ4v) is 2.40. The van der Waals surface area contributed by atoms with Crippen molar-refractivity contribution < 1.29 is 4.21 Å². The minimum Gasteiger partial charge on any atom is -0.232 e. The molecule has 5 heteroatoms. The Morgan fingerprint density at radius 2 is 2.44 bits per heavy atom. The van der Waals surface area contributed by atoms with Gasteiger partial charge in [0.25, 0.3) is 0 Å². The molecule has 0 aromatic heterocycles. The molecule has 1 fully saturated rings. The topological polar surface area (TPSA) is 58.7 Å². The highest BCUT2D eigenvalue weighted by atomic mass is 32.2. The SMILES string of the molecule is CN1CCCS1(=O)=NN. The van der Waals surface area contributed by atoms with E-state index in [9.17, 15) is 4.21 Å². The van der Waals surface area contributed by atoms with Crippen LogP contribution < -0.4 is 5.84 Å². The highest BCUT2D eigenvalue weighted by molar-refractivity contribution is 7.91. The first-order valence-electron chi connectivity index (χ1n) is 2.84. The van der Waals surface area contributed by atoms with Crippen LogP contribution in [0.5, 0.6) is 0 Å². The van der Waals surface area contributed by atoms with Crippen molar-refractivity contribution in [3.05, 3.63) is 0 Å². The third-order valence-electron chi connectivity index (χ3n) is 1.53. The van der Waals surface area contributed by atoms with E-state index in [4.69, 9.17) is 5.84 Å². The Morgan fingerprint density at radius 1 is 1.78 bits per heavy atom. The van der Waals surface area contributed by atoms with Crippen LogP contribution in [-0.2, 0) is 9.92 Å². The van der Waals surface area contributed by atoms with Crippen molar-refractivity contribution in [3.63, 3.8) is 0 Å². The van der Waals surface area contributed by atoms with E-state index in [-0.39, 0.29) is 0 Å². The third kappa shape index (κ3) is 1.08. The molecule has 0 aromatic rings. The summed E-state index contributed by atoms with van der Waals surface area (Å²) in [5.74, 6) is 5.59. The molecule has 1 atom stereocenters. The highest BCUT2D eigenvalue weighted by Gasteiger charge is 2.21. The van der Waals surface area contributed by atoms with Crippen LogP contribution >= 0.6 is 0 Å². The molecule has 0 amide bonds. The lowest BCUT2D eigenvalue weighted by molar-refractivity contribution is 0.552. The van der Waals surface area contributed by atoms with Crippen LogP contribution in [0.2, 0.25) is 0 Å². The van der Waals surface area contributed by atoms with E-state index in [0.29, 0.717) is 5.75 Å². The summed E-state index contributed by atoms with van der Waals surface area (Å²) >= 11 is 0. The van der Waals surface area contributed by atoms with Crippen molar-refractivity contribution in [2.75, 3.05) is 19.3 Å². The van der Waals surface area contributed by atoms with Gasteiger partial charge in [-0.15, -0.1) is 4.47 Å². The van der Waals surface area contributed by atoms with Crippen molar-refractivity contribution in [2.24, 2.45) is 10.3 Å². The van der Waals surface area contributed by atoms with Crippen molar-refractivity contribution in [3.8, 4) is 0 Å². The van der Waals surface area contributed by atoms with Crippen molar-refractivity contribution >= 4 is 9.92 Å². The second-order valence-electron chi connectivity index (χ2n) is 2.12. The molecule has 1 aliphatic heterocycles. The highest BCUT2D eigenvalue weighted by Crippen LogP contribution is 2.11. The van der Waals surface area contributed by atoms with Crippen LogP contribution in [0.15, 0.2) is 4.47 Å². The Labute approximate surface area is 55.3 Å². The maximum absolute atomic E-state index is 11.3. The van der Waals surface area contributed by atoms with E-state index in [1.807, 2.05) is 0 Å². The van der Waals surface area contributed by atoms with Gasteiger partial charge in [0.05, 0.1) is 0 Å². The molecule has 0 bridgehead atoms. The molecule has 1 rings (SSSR count). The number of nitrogens with zero attached hydrogens (tertiary/aromatic N) is 2. The number of nitrogens with two attached hydrogens (primary N) is 1. The summed E-state index contributed by atoms with van der Waals surface area (Å²) in [5, 5.41) is 0. The minimum atomic E-state index is -2.13. The predicted octanol–water partition coefficient (Wildman–Crippen LogP) is -0.421. The van der Waals surface area contributed by atoms with Gasteiger partial charge >= 0.3 is 0 Å². The Kier molecular flexibility index (Phi) is 1.74. The first-order chi connectivity index (χ1) is 4.19. The number of rotatable bonds is 0. The lowest BCUT2D eigenvalue weighted by atomic mass is 10.5. The summed E-state index contributed by atoms with van der Waals surface area (Å²) in [5.41, 5.74) is 0. The lowest BCUT2D eigenvalue weighted by Gasteiger charge is -2.08. The van der Waals surface area contributed by atoms with Crippen LogP contribution in [0.1, 0.15) is 6.42 Å². The lowest BCUT2D eigenvalue weighted by Crippen LogP contribution is -2.21. The molecule has 0 aromatic carbocycles. The number of hydrogen-bond donors (Lipinski definition) is 1. The van der Waals surface area contributed by atoms with Crippen LogP contribution in [0.3, 0.4) is 0 Å². The van der Waals surface area contributed by atoms with Gasteiger partial charge in [-0.25, -0.2) is 14.4 Å². The van der Waals surface area contributed by atoms with Gasteiger partial charge < -0.3 is 0 Å². The summed E-state index contributed by atoms with van der Waals surface area (Å²) in [6, 6.07) is 0. The number of hydrogen-bond acceptors (Lipinski definition) is 2. The van der Waals surface area contributed by atoms with Gasteiger partial charge in [0.2, 0.25) is 0 Å². The molecule has 1 aliphatic rings. The molecule has 0 spiro atoms. The van der Waals surface area contributed by atoms with Crippen LogP contribution in [0.25, 0.3) is 0 Å². The fraction of sp³-hybridized carbons (Fsp3) is 1.00. The Balaban J connectivity index is 2.94. The van der Waals surface area contributed by atoms with Gasteiger partial charge in [-0.2, -0.15) is 0 Å². The largest absolute Gasteiger partial charge is 0.232 e. The van der Waals surface area contributed by atoms with E-state index in [1.54, 1.807) is 11.4 Å². The summed E-state index contributed by atoms with van der Waals surface area (Å²) in [6.45, 7) is 0.847. The second kappa shape index (κ2) is 2.24. The second-order valence-corrected chi connectivity index (χ2v) is 4.58. The molecule has 1 heterocycles. The molecule has 0 aliphatic carbocycles. The van der Waals surface area contributed by atoms with E-state index in [1.165, 1.54) is 0 Å². The zero-order valence-corrected chi connectivity index (χ0v) is 6.23. The third-order valence-corrected chi connectivity index (χ3v) is 3.84. The molecule has 0 saturated carbocycles. The van der Waals surface area contributed by atoms with Crippen molar-refractivity contribution in [1.82, 2.24) is 4.31 Å². The zero-order valence-electron chi connectivity index (χ0n) is 5.41. The quantitative estimate of drug-likeness (QED) is 0.375. The molecular weight excluding hydrogens is 138 g/mol. The maximum atomic E-state index is 11.3. The van der Waals surface area contributed by atoms with Gasteiger partial charge in [-0.1, -0.05) is 0 Å². The molecule has 1 unspecified atom stereocenters. The van der Waals surface area contributed by atoms with E-state index in [2.05, 4.69) is 4.47 Å². The van der Waals surface area contributed by atoms with E-state index in [0.717, 1.165) is 13.0 Å². The van der Waals surface area contributed by atoms with Crippen LogP contribution in [0, 0.1) is 0 Å². The van der Waals surface area contributed by atoms with Crippen LogP contribution in [0.4, 0.5) is 0 Å². The molecule has 9 heavy (non-hydrogen) atoms. The van der Waals surface area contributed by atoms with Gasteiger partial charge in [0.15, 0.2) is 0 Å². The summed E-state index contributed by atoms with van der Waals surface area (Å²) in [4.78, 5) is 0. The average Bonchev–Trinajstić information content (AvgIpc) is 2.15. The molecule has 2 N–H and O–H groups in total. The van der Waals surface area contributed by atoms with Gasteiger partial charge in [0.1, 0.15) is 9.92 Å². The molecule has 54 valence electrons. The van der Waals surface area contributed by atoms with Gasteiger partial charge in [0, 0.05) is 19.3 Å². The Morgan fingerprint density at radius 3 is 2.67 bits per heavy atom. The smallest absolute Gasteiger partial charge is 0.125 e. The minimum absolute atomic E-state index is 0.625. The van der Waals surface area contributed by atoms with Gasteiger partial charge in [-0.05, 0) is 6.42 Å². The molecular formula is C4H11N3OS. The maximum Gasteiger partial charge on any atom is 0.125 e. The fourth-order valence-electron chi connectivity index (χ4n) is 0.907. The molecule has 4 nitrogen and oxygen atoms in total. The predicted molar refractivity (Wildman–Crippen MR) is 36.9 cm³/mol. The van der Waals surface area contributed by atoms with Gasteiger partial charge in [-0.3, -0.25) is 0 Å². The summed E-state index contributed by atoms with van der Waals surface area (Å²) in [6.07, 6.45) is 0.941. The van der Waals surface area contributed by atoms with Crippen molar-refractivity contribution in [1.29, 1.82) is 0 Å². The normalized spacial score (nSPS) is 37.1. The first kappa shape index (κ1) is 6.98. The summed E-state index contributed by atoms with van der Waals surface area (Å²) in [7, 11) is -0.351. The monoisotopic (exact) mass is 149 g/mol. The zero-order chi connectivity index (χ0) is 6.91. The van der Waals surface area contributed by atoms with E-state index >= 15 is 0 Å². The van der Waals surface area contributed by atoms with Crippen molar-refractivity contribution in [2.45, 2.75) is 6.42 Å². The average molecular weight is 149 g/mol. The summed E-state index contributed by atoms with van der Waals surface area (Å²) < 4.78 is 16.4. The molecule has 0 radical (unpaired) electrons. The Bertz CT molecular complexity index is 206. The first-order valence-corrected chi connectivity index (χ1v) is 4.48. The standard InChI is InChI=1S/C4H11N3OS/c1-7-3-2-4-9(7,8)6-5/h2-5H2,1H3. The molecule has 1 saturated heterocycles. The Hall–Kier alpha value is -0.130. The van der Waals surface area contributed by atoms with E-state index < -0.39 is 9.92 Å².